The van der Waals surface area contributed by atoms with Gasteiger partial charge in [-0.1, -0.05) is 12.1 Å². The van der Waals surface area contributed by atoms with E-state index in [4.69, 9.17) is 14.2 Å². The summed E-state index contributed by atoms with van der Waals surface area (Å²) in [5.74, 6) is 0.0805. The molecular formula is C11H16O3. The van der Waals surface area contributed by atoms with E-state index >= 15 is 0 Å². The van der Waals surface area contributed by atoms with Gasteiger partial charge in [0.1, 0.15) is 5.75 Å². The van der Waals surface area contributed by atoms with E-state index in [1.165, 1.54) is 0 Å². The number of rotatable bonds is 4. The van der Waals surface area contributed by atoms with E-state index in [-0.39, 0.29) is 0 Å². The van der Waals surface area contributed by atoms with E-state index in [0.29, 0.717) is 0 Å². The van der Waals surface area contributed by atoms with Crippen LogP contribution < -0.4 is 4.74 Å². The Hall–Kier alpha value is -1.06. The maximum atomic E-state index is 5.29. The van der Waals surface area contributed by atoms with Crippen LogP contribution in [0, 0.1) is 0 Å². The number of hydrogen-bond donors (Lipinski definition) is 0. The van der Waals surface area contributed by atoms with Crippen LogP contribution in [0.1, 0.15) is 12.5 Å². The minimum atomic E-state index is -0.714. The summed E-state index contributed by atoms with van der Waals surface area (Å²) in [5, 5.41) is 0. The molecule has 0 fully saturated rings. The van der Waals surface area contributed by atoms with Crippen molar-refractivity contribution in [3.63, 3.8) is 0 Å². The Morgan fingerprint density at radius 2 is 1.71 bits per heavy atom. The van der Waals surface area contributed by atoms with Crippen LogP contribution >= 0.6 is 0 Å². The van der Waals surface area contributed by atoms with Crippen molar-refractivity contribution < 1.29 is 14.2 Å². The topological polar surface area (TPSA) is 27.7 Å². The summed E-state index contributed by atoms with van der Waals surface area (Å²) >= 11 is 0. The lowest BCUT2D eigenvalue weighted by atomic mass is 10.1. The quantitative estimate of drug-likeness (QED) is 0.691. The lowest BCUT2D eigenvalue weighted by molar-refractivity contribution is -0.201. The largest absolute Gasteiger partial charge is 0.497 e. The summed E-state index contributed by atoms with van der Waals surface area (Å²) in [4.78, 5) is 0. The van der Waals surface area contributed by atoms with Gasteiger partial charge in [0.15, 0.2) is 5.79 Å². The Balaban J connectivity index is 3.04. The second kappa shape index (κ2) is 4.44. The second-order valence-electron chi connectivity index (χ2n) is 3.09. The van der Waals surface area contributed by atoms with E-state index in [0.717, 1.165) is 11.3 Å². The number of ether oxygens (including phenoxy) is 3. The maximum absolute atomic E-state index is 5.29. The van der Waals surface area contributed by atoms with E-state index in [1.807, 2.05) is 31.2 Å². The highest BCUT2D eigenvalue weighted by Gasteiger charge is 2.25. The van der Waals surface area contributed by atoms with Gasteiger partial charge in [-0.05, 0) is 19.1 Å². The Bertz CT molecular complexity index is 292. The molecule has 0 heterocycles. The highest BCUT2D eigenvalue weighted by molar-refractivity contribution is 5.30. The van der Waals surface area contributed by atoms with Gasteiger partial charge in [-0.25, -0.2) is 0 Å². The van der Waals surface area contributed by atoms with Gasteiger partial charge in [0.2, 0.25) is 0 Å². The van der Waals surface area contributed by atoms with Crippen LogP contribution in [-0.4, -0.2) is 21.3 Å². The van der Waals surface area contributed by atoms with Crippen LogP contribution in [0.2, 0.25) is 0 Å². The zero-order valence-electron chi connectivity index (χ0n) is 9.03. The van der Waals surface area contributed by atoms with Crippen molar-refractivity contribution in [3.8, 4) is 5.75 Å². The summed E-state index contributed by atoms with van der Waals surface area (Å²) in [6, 6.07) is 7.63. The van der Waals surface area contributed by atoms with Gasteiger partial charge in [-0.2, -0.15) is 0 Å². The average molecular weight is 196 g/mol. The first-order valence-electron chi connectivity index (χ1n) is 4.41. The molecule has 0 saturated heterocycles. The first kappa shape index (κ1) is 11.0. The van der Waals surface area contributed by atoms with E-state index < -0.39 is 5.79 Å². The van der Waals surface area contributed by atoms with Crippen molar-refractivity contribution in [2.45, 2.75) is 12.7 Å². The van der Waals surface area contributed by atoms with Crippen molar-refractivity contribution in [3.05, 3.63) is 29.8 Å². The number of benzene rings is 1. The minimum absolute atomic E-state index is 0.714. The van der Waals surface area contributed by atoms with E-state index in [9.17, 15) is 0 Å². The molecule has 14 heavy (non-hydrogen) atoms. The van der Waals surface area contributed by atoms with Gasteiger partial charge < -0.3 is 14.2 Å². The van der Waals surface area contributed by atoms with Crippen molar-refractivity contribution in [2.24, 2.45) is 0 Å². The molecule has 1 aromatic carbocycles. The third kappa shape index (κ3) is 2.05. The molecule has 78 valence electrons. The van der Waals surface area contributed by atoms with E-state index in [1.54, 1.807) is 21.3 Å². The van der Waals surface area contributed by atoms with Gasteiger partial charge in [0, 0.05) is 19.8 Å². The molecule has 3 heteroatoms. The van der Waals surface area contributed by atoms with Gasteiger partial charge in [0.25, 0.3) is 0 Å². The molecule has 0 aliphatic rings. The molecule has 0 N–H and O–H groups in total. The van der Waals surface area contributed by atoms with Crippen molar-refractivity contribution in [1.82, 2.24) is 0 Å². The first-order chi connectivity index (χ1) is 6.66. The van der Waals surface area contributed by atoms with Crippen LogP contribution in [0.3, 0.4) is 0 Å². The molecule has 0 aromatic heterocycles. The van der Waals surface area contributed by atoms with Gasteiger partial charge in [0.05, 0.1) is 7.11 Å². The molecule has 0 radical (unpaired) electrons. The van der Waals surface area contributed by atoms with Crippen molar-refractivity contribution in [1.29, 1.82) is 0 Å². The SMILES string of the molecule is COc1cccc(C(C)(OC)OC)c1. The standard InChI is InChI=1S/C11H16O3/c1-11(13-3,14-4)9-6-5-7-10(8-9)12-2/h5-8H,1-4H3. The summed E-state index contributed by atoms with van der Waals surface area (Å²) in [6.07, 6.45) is 0. The van der Waals surface area contributed by atoms with Gasteiger partial charge in [-0.15, -0.1) is 0 Å². The van der Waals surface area contributed by atoms with Crippen LogP contribution in [0.4, 0.5) is 0 Å². The molecule has 3 nitrogen and oxygen atoms in total. The molecule has 0 unspecified atom stereocenters. The highest BCUT2D eigenvalue weighted by Crippen LogP contribution is 2.27. The molecule has 0 spiro atoms. The summed E-state index contributed by atoms with van der Waals surface area (Å²) < 4.78 is 15.7. The molecule has 0 aliphatic carbocycles. The van der Waals surface area contributed by atoms with E-state index in [2.05, 4.69) is 0 Å². The molecule has 0 amide bonds. The molecule has 0 saturated carbocycles. The summed E-state index contributed by atoms with van der Waals surface area (Å²) in [6.45, 7) is 1.86. The lowest BCUT2D eigenvalue weighted by Crippen LogP contribution is -2.26. The van der Waals surface area contributed by atoms with Crippen LogP contribution in [0.5, 0.6) is 5.75 Å². The summed E-state index contributed by atoms with van der Waals surface area (Å²) in [7, 11) is 4.86. The van der Waals surface area contributed by atoms with Crippen LogP contribution in [-0.2, 0) is 15.3 Å². The van der Waals surface area contributed by atoms with Crippen LogP contribution in [0.25, 0.3) is 0 Å². The molecule has 0 bridgehead atoms. The second-order valence-corrected chi connectivity index (χ2v) is 3.09. The fraction of sp³-hybridized carbons (Fsp3) is 0.455. The monoisotopic (exact) mass is 196 g/mol. The Labute approximate surface area is 84.6 Å². The minimum Gasteiger partial charge on any atom is -0.497 e. The Morgan fingerprint density at radius 3 is 2.21 bits per heavy atom. The molecule has 0 atom stereocenters. The van der Waals surface area contributed by atoms with Crippen LogP contribution in [0.15, 0.2) is 24.3 Å². The molecular weight excluding hydrogens is 180 g/mol. The van der Waals surface area contributed by atoms with Gasteiger partial charge in [-0.3, -0.25) is 0 Å². The molecule has 1 rings (SSSR count). The first-order valence-corrected chi connectivity index (χ1v) is 4.41. The van der Waals surface area contributed by atoms with Crippen molar-refractivity contribution >= 4 is 0 Å². The van der Waals surface area contributed by atoms with Gasteiger partial charge >= 0.3 is 0 Å². The lowest BCUT2D eigenvalue weighted by Gasteiger charge is -2.26. The fourth-order valence-corrected chi connectivity index (χ4v) is 1.22. The zero-order chi connectivity index (χ0) is 10.6. The predicted molar refractivity (Wildman–Crippen MR) is 54.4 cm³/mol. The Morgan fingerprint density at radius 1 is 1.07 bits per heavy atom. The number of methoxy groups -OCH3 is 3. The number of hydrogen-bond acceptors (Lipinski definition) is 3. The highest BCUT2D eigenvalue weighted by atomic mass is 16.7. The Kier molecular flexibility index (Phi) is 3.49. The van der Waals surface area contributed by atoms with Crippen molar-refractivity contribution in [2.75, 3.05) is 21.3 Å². The smallest absolute Gasteiger partial charge is 0.191 e. The average Bonchev–Trinajstić information content (AvgIpc) is 2.28. The molecule has 1 aromatic rings. The normalized spacial score (nSPS) is 11.4. The fourth-order valence-electron chi connectivity index (χ4n) is 1.22. The molecule has 0 aliphatic heterocycles. The summed E-state index contributed by atoms with van der Waals surface area (Å²) in [5.41, 5.74) is 0.932. The maximum Gasteiger partial charge on any atom is 0.191 e. The zero-order valence-corrected chi connectivity index (χ0v) is 9.03. The third-order valence-electron chi connectivity index (χ3n) is 2.37. The third-order valence-corrected chi connectivity index (χ3v) is 2.37. The predicted octanol–water partition coefficient (Wildman–Crippen LogP) is 2.16.